The van der Waals surface area contributed by atoms with Crippen LogP contribution in [-0.4, -0.2) is 10.9 Å². The minimum absolute atomic E-state index is 0.0336. The molecule has 0 saturated heterocycles. The van der Waals surface area contributed by atoms with Gasteiger partial charge in [0, 0.05) is 11.6 Å². The Morgan fingerprint density at radius 3 is 2.36 bits per heavy atom. The summed E-state index contributed by atoms with van der Waals surface area (Å²) in [6, 6.07) is 7.91. The standard InChI is InChI=1S/C15H11F2NO4/c16-11-2-5-13(6-3-11)22-15(19)8-1-10-9-12(17)4-7-14(10)18(20)21/h2-7,9H,1,8H2. The summed E-state index contributed by atoms with van der Waals surface area (Å²) in [7, 11) is 0. The van der Waals surface area contributed by atoms with E-state index in [2.05, 4.69) is 0 Å². The van der Waals surface area contributed by atoms with Gasteiger partial charge in [0.25, 0.3) is 5.69 Å². The monoisotopic (exact) mass is 307 g/mol. The van der Waals surface area contributed by atoms with E-state index in [4.69, 9.17) is 4.74 Å². The Bertz CT molecular complexity index is 701. The van der Waals surface area contributed by atoms with Gasteiger partial charge < -0.3 is 4.74 Å². The van der Waals surface area contributed by atoms with Crippen molar-refractivity contribution in [3.8, 4) is 5.75 Å². The zero-order chi connectivity index (χ0) is 16.1. The van der Waals surface area contributed by atoms with E-state index in [-0.39, 0.29) is 29.8 Å². The minimum Gasteiger partial charge on any atom is -0.427 e. The van der Waals surface area contributed by atoms with Crippen molar-refractivity contribution in [2.75, 3.05) is 0 Å². The van der Waals surface area contributed by atoms with Crippen LogP contribution < -0.4 is 4.74 Å². The molecule has 0 bridgehead atoms. The molecule has 0 heterocycles. The van der Waals surface area contributed by atoms with Crippen LogP contribution in [0.3, 0.4) is 0 Å². The largest absolute Gasteiger partial charge is 0.427 e. The van der Waals surface area contributed by atoms with Crippen molar-refractivity contribution in [1.29, 1.82) is 0 Å². The molecule has 2 rings (SSSR count). The van der Waals surface area contributed by atoms with Gasteiger partial charge in [0.1, 0.15) is 17.4 Å². The van der Waals surface area contributed by atoms with Gasteiger partial charge in [-0.3, -0.25) is 14.9 Å². The summed E-state index contributed by atoms with van der Waals surface area (Å²) >= 11 is 0. The third-order valence-electron chi connectivity index (χ3n) is 2.88. The predicted molar refractivity (Wildman–Crippen MR) is 73.4 cm³/mol. The van der Waals surface area contributed by atoms with Gasteiger partial charge in [0.15, 0.2) is 0 Å². The zero-order valence-electron chi connectivity index (χ0n) is 11.3. The maximum atomic E-state index is 13.1. The first-order valence-electron chi connectivity index (χ1n) is 6.35. The second-order valence-electron chi connectivity index (χ2n) is 4.46. The molecule has 0 aliphatic rings. The molecule has 5 nitrogen and oxygen atoms in total. The molecule has 0 radical (unpaired) electrons. The molecule has 0 aromatic heterocycles. The van der Waals surface area contributed by atoms with Crippen molar-refractivity contribution in [3.05, 3.63) is 69.8 Å². The van der Waals surface area contributed by atoms with Crippen molar-refractivity contribution in [1.82, 2.24) is 0 Å². The maximum absolute atomic E-state index is 13.1. The quantitative estimate of drug-likeness (QED) is 0.367. The molecule has 0 N–H and O–H groups in total. The van der Waals surface area contributed by atoms with E-state index in [9.17, 15) is 23.7 Å². The Hall–Kier alpha value is -2.83. The van der Waals surface area contributed by atoms with Crippen molar-refractivity contribution >= 4 is 11.7 Å². The summed E-state index contributed by atoms with van der Waals surface area (Å²) in [5, 5.41) is 10.8. The first-order chi connectivity index (χ1) is 10.5. The summed E-state index contributed by atoms with van der Waals surface area (Å²) in [6.45, 7) is 0. The zero-order valence-corrected chi connectivity index (χ0v) is 11.3. The summed E-state index contributed by atoms with van der Waals surface area (Å²) in [5.74, 6) is -1.56. The van der Waals surface area contributed by atoms with Crippen LogP contribution in [0.2, 0.25) is 0 Å². The van der Waals surface area contributed by atoms with Gasteiger partial charge in [0.05, 0.1) is 11.3 Å². The lowest BCUT2D eigenvalue weighted by atomic mass is 10.1. The number of benzene rings is 2. The van der Waals surface area contributed by atoms with E-state index in [0.717, 1.165) is 30.3 Å². The highest BCUT2D eigenvalue weighted by Crippen LogP contribution is 2.21. The highest BCUT2D eigenvalue weighted by Gasteiger charge is 2.16. The Balaban J connectivity index is 2.00. The minimum atomic E-state index is -0.648. The molecule has 0 fully saturated rings. The molecule has 0 aliphatic heterocycles. The molecule has 0 amide bonds. The molecule has 22 heavy (non-hydrogen) atoms. The number of aryl methyl sites for hydroxylation is 1. The fourth-order valence-electron chi connectivity index (χ4n) is 1.85. The smallest absolute Gasteiger partial charge is 0.311 e. The molecule has 2 aromatic rings. The lowest BCUT2D eigenvalue weighted by Crippen LogP contribution is -2.09. The first-order valence-corrected chi connectivity index (χ1v) is 6.35. The lowest BCUT2D eigenvalue weighted by molar-refractivity contribution is -0.385. The summed E-state index contributed by atoms with van der Waals surface area (Å²) in [4.78, 5) is 21.9. The van der Waals surface area contributed by atoms with E-state index in [1.165, 1.54) is 12.1 Å². The van der Waals surface area contributed by atoms with Crippen LogP contribution in [0.15, 0.2) is 42.5 Å². The summed E-state index contributed by atoms with van der Waals surface area (Å²) in [5.41, 5.74) is -0.142. The van der Waals surface area contributed by atoms with Crippen LogP contribution in [0.1, 0.15) is 12.0 Å². The van der Waals surface area contributed by atoms with Crippen LogP contribution in [0.4, 0.5) is 14.5 Å². The van der Waals surface area contributed by atoms with Crippen LogP contribution in [-0.2, 0) is 11.2 Å². The molecular formula is C15H11F2NO4. The number of halogens is 2. The molecule has 0 unspecified atom stereocenters. The number of rotatable bonds is 5. The van der Waals surface area contributed by atoms with Crippen molar-refractivity contribution in [2.45, 2.75) is 12.8 Å². The number of nitro benzene ring substituents is 1. The molecule has 0 saturated carbocycles. The normalized spacial score (nSPS) is 10.3. The lowest BCUT2D eigenvalue weighted by Gasteiger charge is -2.05. The fourth-order valence-corrected chi connectivity index (χ4v) is 1.85. The number of carbonyl (C=O) groups is 1. The van der Waals surface area contributed by atoms with Crippen LogP contribution >= 0.6 is 0 Å². The summed E-state index contributed by atoms with van der Waals surface area (Å²) < 4.78 is 30.8. The number of ether oxygens (including phenoxy) is 1. The van der Waals surface area contributed by atoms with E-state index in [1.54, 1.807) is 0 Å². The first kappa shape index (κ1) is 15.6. The Morgan fingerprint density at radius 2 is 1.73 bits per heavy atom. The topological polar surface area (TPSA) is 69.4 Å². The molecule has 0 spiro atoms. The van der Waals surface area contributed by atoms with Crippen LogP contribution in [0.5, 0.6) is 5.75 Å². The average Bonchev–Trinajstić information content (AvgIpc) is 2.47. The van der Waals surface area contributed by atoms with Crippen molar-refractivity contribution < 1.29 is 23.2 Å². The Labute approximate surface area is 124 Å². The number of hydrogen-bond acceptors (Lipinski definition) is 4. The second-order valence-corrected chi connectivity index (χ2v) is 4.46. The van der Waals surface area contributed by atoms with E-state index < -0.39 is 22.5 Å². The molecule has 7 heteroatoms. The third-order valence-corrected chi connectivity index (χ3v) is 2.88. The van der Waals surface area contributed by atoms with Gasteiger partial charge in [-0.1, -0.05) is 0 Å². The Morgan fingerprint density at radius 1 is 1.09 bits per heavy atom. The Kier molecular flexibility index (Phi) is 4.77. The number of nitrogens with zero attached hydrogens (tertiary/aromatic N) is 1. The molecule has 2 aromatic carbocycles. The van der Waals surface area contributed by atoms with Gasteiger partial charge >= 0.3 is 5.97 Å². The summed E-state index contributed by atoms with van der Waals surface area (Å²) in [6.07, 6.45) is -0.199. The predicted octanol–water partition coefficient (Wildman–Crippen LogP) is 3.41. The highest BCUT2D eigenvalue weighted by atomic mass is 19.1. The third kappa shape index (κ3) is 4.08. The second kappa shape index (κ2) is 6.75. The van der Waals surface area contributed by atoms with Gasteiger partial charge in [0.2, 0.25) is 0 Å². The molecule has 114 valence electrons. The number of esters is 1. The number of hydrogen-bond donors (Lipinski definition) is 0. The van der Waals surface area contributed by atoms with Gasteiger partial charge in [-0.05, 0) is 42.8 Å². The highest BCUT2D eigenvalue weighted by molar-refractivity contribution is 5.72. The van der Waals surface area contributed by atoms with Gasteiger partial charge in [-0.2, -0.15) is 0 Å². The van der Waals surface area contributed by atoms with E-state index in [1.807, 2.05) is 0 Å². The number of nitro groups is 1. The van der Waals surface area contributed by atoms with Gasteiger partial charge in [-0.15, -0.1) is 0 Å². The number of carbonyl (C=O) groups excluding carboxylic acids is 1. The average molecular weight is 307 g/mol. The SMILES string of the molecule is O=C(CCc1cc(F)ccc1[N+](=O)[O-])Oc1ccc(F)cc1. The maximum Gasteiger partial charge on any atom is 0.311 e. The van der Waals surface area contributed by atoms with Gasteiger partial charge in [-0.25, -0.2) is 8.78 Å². The van der Waals surface area contributed by atoms with Crippen molar-refractivity contribution in [2.24, 2.45) is 0 Å². The van der Waals surface area contributed by atoms with Crippen LogP contribution in [0, 0.1) is 21.7 Å². The fraction of sp³-hybridized carbons (Fsp3) is 0.133. The van der Waals surface area contributed by atoms with E-state index in [0.29, 0.717) is 0 Å². The molecule has 0 atom stereocenters. The van der Waals surface area contributed by atoms with Crippen molar-refractivity contribution in [3.63, 3.8) is 0 Å². The van der Waals surface area contributed by atoms with E-state index >= 15 is 0 Å². The van der Waals surface area contributed by atoms with Crippen LogP contribution in [0.25, 0.3) is 0 Å². The molecule has 0 aliphatic carbocycles. The molecular weight excluding hydrogens is 296 g/mol.